The number of benzene rings is 6. The number of fused-ring (bicyclic) bond motifs is 4. The number of nitrogens with zero attached hydrogens (tertiary/aromatic N) is 2. The van der Waals surface area contributed by atoms with Gasteiger partial charge in [-0.3, -0.25) is 19.2 Å². The van der Waals surface area contributed by atoms with Gasteiger partial charge >= 0.3 is 0 Å². The van der Waals surface area contributed by atoms with Crippen LogP contribution in [-0.2, 0) is 0 Å². The normalized spacial score (nSPS) is 11.8. The molecule has 0 saturated carbocycles. The number of rotatable bonds is 3. The summed E-state index contributed by atoms with van der Waals surface area (Å²) in [4.78, 5) is 58.4. The molecule has 2 aromatic heterocycles. The van der Waals surface area contributed by atoms with Crippen molar-refractivity contribution in [2.75, 3.05) is 5.73 Å². The minimum Gasteiger partial charge on any atom is -0.506 e. The summed E-state index contributed by atoms with van der Waals surface area (Å²) >= 11 is 0. The minimum absolute atomic E-state index is 0.0887. The van der Waals surface area contributed by atoms with Crippen molar-refractivity contribution in [3.8, 4) is 34.0 Å². The predicted octanol–water partition coefficient (Wildman–Crippen LogP) is 5.32. The molecule has 9 nitrogen and oxygen atoms in total. The van der Waals surface area contributed by atoms with Crippen molar-refractivity contribution >= 4 is 49.1 Å². The van der Waals surface area contributed by atoms with E-state index in [0.717, 1.165) is 32.3 Å². The summed E-state index contributed by atoms with van der Waals surface area (Å²) in [6.45, 7) is 2.00. The molecular weight excluding hydrogens is 570 g/mol. The number of phenols is 1. The van der Waals surface area contributed by atoms with Crippen LogP contribution in [0.5, 0.6) is 5.75 Å². The van der Waals surface area contributed by atoms with Crippen LogP contribution in [0.25, 0.3) is 71.7 Å². The Morgan fingerprint density at radius 3 is 1.93 bits per heavy atom. The number of aromatic hydroxyl groups is 1. The van der Waals surface area contributed by atoms with Crippen LogP contribution in [0.1, 0.15) is 5.56 Å². The van der Waals surface area contributed by atoms with E-state index in [1.54, 1.807) is 36.4 Å². The third-order valence-electron chi connectivity index (χ3n) is 8.35. The Morgan fingerprint density at radius 1 is 0.689 bits per heavy atom. The molecule has 45 heavy (non-hydrogen) atoms. The van der Waals surface area contributed by atoms with Gasteiger partial charge in [0.1, 0.15) is 11.3 Å². The van der Waals surface area contributed by atoms with E-state index in [1.807, 2.05) is 49.4 Å². The van der Waals surface area contributed by atoms with Crippen LogP contribution in [0.3, 0.4) is 0 Å². The number of nitrogens with two attached hydrogens (primary N) is 1. The number of aromatic nitrogens is 2. The van der Waals surface area contributed by atoms with E-state index in [4.69, 9.17) is 10.2 Å². The van der Waals surface area contributed by atoms with Crippen molar-refractivity contribution in [2.45, 2.75) is 6.92 Å². The SMILES string of the molecule is Cc1ccc2oc(-c3ccc(-c4ccc(-n5c(=O)c6c(N)c7c(=O)c8ccccc8c(=O)c7c(O)c6c5=O)cc4)cc3)nc2c1. The lowest BCUT2D eigenvalue weighted by molar-refractivity contribution is 0.487. The number of oxazole rings is 1. The highest BCUT2D eigenvalue weighted by molar-refractivity contribution is 6.17. The third-order valence-corrected chi connectivity index (χ3v) is 8.35. The van der Waals surface area contributed by atoms with Crippen LogP contribution in [0.15, 0.2) is 115 Å². The van der Waals surface area contributed by atoms with Crippen molar-refractivity contribution in [3.63, 3.8) is 0 Å². The number of anilines is 1. The smallest absolute Gasteiger partial charge is 0.270 e. The van der Waals surface area contributed by atoms with Gasteiger partial charge in [0, 0.05) is 16.3 Å². The maximum Gasteiger partial charge on any atom is 0.270 e. The van der Waals surface area contributed by atoms with Crippen LogP contribution < -0.4 is 27.7 Å². The lowest BCUT2D eigenvalue weighted by Crippen LogP contribution is -2.23. The highest BCUT2D eigenvalue weighted by Crippen LogP contribution is 2.35. The summed E-state index contributed by atoms with van der Waals surface area (Å²) in [5.41, 5.74) is 8.47. The van der Waals surface area contributed by atoms with Crippen molar-refractivity contribution in [2.24, 2.45) is 0 Å². The van der Waals surface area contributed by atoms with Crippen LogP contribution >= 0.6 is 0 Å². The van der Waals surface area contributed by atoms with Gasteiger partial charge in [-0.25, -0.2) is 9.55 Å². The Morgan fingerprint density at radius 2 is 1.27 bits per heavy atom. The number of aryl methyl sites for hydroxylation is 1. The summed E-state index contributed by atoms with van der Waals surface area (Å²) < 4.78 is 6.79. The maximum absolute atomic E-state index is 13.6. The van der Waals surface area contributed by atoms with Crippen molar-refractivity contribution in [1.82, 2.24) is 9.55 Å². The largest absolute Gasteiger partial charge is 0.506 e. The monoisotopic (exact) mass is 591 g/mol. The van der Waals surface area contributed by atoms with Crippen LogP contribution in [0, 0.1) is 6.92 Å². The second-order valence-electron chi connectivity index (χ2n) is 11.0. The molecule has 9 heteroatoms. The summed E-state index contributed by atoms with van der Waals surface area (Å²) in [6.07, 6.45) is 0. The third kappa shape index (κ3) is 3.70. The second kappa shape index (κ2) is 9.32. The average Bonchev–Trinajstić information content (AvgIpc) is 3.59. The standard InChI is InChI=1S/C36H21N3O6/c1-17-6-15-25-24(16-17)38-34(45-25)20-9-7-18(8-10-20)19-11-13-21(14-12-19)39-35(43)27-29(36(39)44)33(42)28-26(30(27)37)31(40)22-4-2-3-5-23(22)32(28)41/h2-16,42H,37H2,1H3. The van der Waals surface area contributed by atoms with Crippen LogP contribution in [0.4, 0.5) is 5.69 Å². The lowest BCUT2D eigenvalue weighted by Gasteiger charge is -2.06. The average molecular weight is 592 g/mol. The molecule has 0 unspecified atom stereocenters. The van der Waals surface area contributed by atoms with Crippen molar-refractivity contribution in [1.29, 1.82) is 0 Å². The Hall–Kier alpha value is -6.35. The molecule has 8 rings (SSSR count). The molecule has 0 spiro atoms. The Balaban J connectivity index is 1.22. The predicted molar refractivity (Wildman–Crippen MR) is 175 cm³/mol. The van der Waals surface area contributed by atoms with Gasteiger partial charge in [-0.15, -0.1) is 0 Å². The van der Waals surface area contributed by atoms with E-state index in [0.29, 0.717) is 11.5 Å². The van der Waals surface area contributed by atoms with Gasteiger partial charge in [0.05, 0.1) is 32.9 Å². The van der Waals surface area contributed by atoms with Gasteiger partial charge in [-0.05, 0) is 60.0 Å². The summed E-state index contributed by atoms with van der Waals surface area (Å²) in [7, 11) is 0. The molecule has 0 amide bonds. The second-order valence-corrected chi connectivity index (χ2v) is 11.0. The van der Waals surface area contributed by atoms with Crippen LogP contribution in [-0.4, -0.2) is 14.7 Å². The molecule has 0 bridgehead atoms. The van der Waals surface area contributed by atoms with Gasteiger partial charge in [0.25, 0.3) is 11.1 Å². The molecule has 6 aromatic carbocycles. The number of nitrogen functional groups attached to an aromatic ring is 1. The Bertz CT molecular complexity index is 2640. The molecule has 0 aliphatic heterocycles. The van der Waals surface area contributed by atoms with E-state index in [9.17, 15) is 24.3 Å². The molecule has 0 atom stereocenters. The molecule has 8 aromatic rings. The molecule has 216 valence electrons. The van der Waals surface area contributed by atoms with Gasteiger partial charge in [-0.2, -0.15) is 0 Å². The van der Waals surface area contributed by atoms with Crippen molar-refractivity contribution < 1.29 is 9.52 Å². The highest BCUT2D eigenvalue weighted by Gasteiger charge is 2.27. The summed E-state index contributed by atoms with van der Waals surface area (Å²) in [6, 6.07) is 26.3. The first-order chi connectivity index (χ1) is 21.7. The molecule has 0 fully saturated rings. The lowest BCUT2D eigenvalue weighted by atomic mass is 9.97. The van der Waals surface area contributed by atoms with E-state index in [1.165, 1.54) is 12.1 Å². The topological polar surface area (TPSA) is 145 Å². The minimum atomic E-state index is -0.841. The number of phenolic OH excluding ortho intramolecular Hbond substituents is 1. The van der Waals surface area contributed by atoms with Gasteiger partial charge in [0.15, 0.2) is 16.4 Å². The molecule has 0 aliphatic rings. The fourth-order valence-electron chi connectivity index (χ4n) is 6.11. The van der Waals surface area contributed by atoms with E-state index >= 15 is 0 Å². The molecule has 2 heterocycles. The molecule has 0 saturated heterocycles. The first-order valence-electron chi connectivity index (χ1n) is 14.1. The zero-order valence-electron chi connectivity index (χ0n) is 23.6. The maximum atomic E-state index is 13.6. The molecule has 0 aliphatic carbocycles. The number of hydrogen-bond donors (Lipinski definition) is 2. The summed E-state index contributed by atoms with van der Waals surface area (Å²) in [5.74, 6) is -0.215. The van der Waals surface area contributed by atoms with E-state index < -0.39 is 33.1 Å². The molecule has 0 radical (unpaired) electrons. The molecule has 3 N–H and O–H groups in total. The number of hydrogen-bond acceptors (Lipinski definition) is 8. The zero-order chi connectivity index (χ0) is 31.1. The quantitative estimate of drug-likeness (QED) is 0.159. The first-order valence-corrected chi connectivity index (χ1v) is 14.1. The Kier molecular flexibility index (Phi) is 5.45. The van der Waals surface area contributed by atoms with Gasteiger partial charge in [-0.1, -0.05) is 54.6 Å². The fraction of sp³-hybridized carbons (Fsp3) is 0.0278. The molecular formula is C36H21N3O6. The van der Waals surface area contributed by atoms with Gasteiger partial charge < -0.3 is 15.3 Å². The first kappa shape index (κ1) is 26.3. The van der Waals surface area contributed by atoms with Crippen LogP contribution in [0.2, 0.25) is 0 Å². The Labute approximate surface area is 252 Å². The van der Waals surface area contributed by atoms with E-state index in [2.05, 4.69) is 4.98 Å². The highest BCUT2D eigenvalue weighted by atomic mass is 16.3. The van der Waals surface area contributed by atoms with Gasteiger partial charge in [0.2, 0.25) is 5.89 Å². The van der Waals surface area contributed by atoms with E-state index in [-0.39, 0.29) is 38.3 Å². The summed E-state index contributed by atoms with van der Waals surface area (Å²) in [5, 5.41) is 10.0. The zero-order valence-corrected chi connectivity index (χ0v) is 23.6. The van der Waals surface area contributed by atoms with Crippen molar-refractivity contribution in [3.05, 3.63) is 138 Å². The fourth-order valence-corrected chi connectivity index (χ4v) is 6.11.